The molecule has 0 N–H and O–H groups in total. The summed E-state index contributed by atoms with van der Waals surface area (Å²) in [6.45, 7) is 2.81. The predicted octanol–water partition coefficient (Wildman–Crippen LogP) is 10.3. The number of thioether (sulfide) groups is 1. The lowest BCUT2D eigenvalue weighted by Gasteiger charge is -2.32. The fraction of sp³-hybridized carbons (Fsp3) is 0.475. The van der Waals surface area contributed by atoms with Crippen molar-refractivity contribution in [3.05, 3.63) is 90.0 Å². The highest BCUT2D eigenvalue weighted by molar-refractivity contribution is 8.00. The number of benzene rings is 3. The molecule has 0 unspecified atom stereocenters. The number of imide groups is 1. The fourth-order valence-electron chi connectivity index (χ4n) is 6.42. The molecule has 9 heteroatoms. The van der Waals surface area contributed by atoms with Crippen molar-refractivity contribution in [2.24, 2.45) is 0 Å². The third-order valence-corrected chi connectivity index (χ3v) is 10.3. The van der Waals surface area contributed by atoms with Gasteiger partial charge in [-0.3, -0.25) is 9.59 Å². The summed E-state index contributed by atoms with van der Waals surface area (Å²) in [6.07, 6.45) is 21.0. The number of hydrogen-bond donors (Lipinski definition) is 0. The maximum absolute atomic E-state index is 14.2. The molecule has 0 fully saturated rings. The Hall–Kier alpha value is -3.98. The molecule has 0 radical (unpaired) electrons. The van der Waals surface area contributed by atoms with Crippen LogP contribution in [-0.4, -0.2) is 38.6 Å². The number of carbonyl (C=O) groups excluding carboxylic acids is 2. The summed E-state index contributed by atoms with van der Waals surface area (Å²) in [7, 11) is 0. The molecule has 1 atom stereocenters. The minimum atomic E-state index is -0.726. The van der Waals surface area contributed by atoms with E-state index in [4.69, 9.17) is 4.74 Å². The average Bonchev–Trinajstić information content (AvgIpc) is 3.61. The average molecular weight is 682 g/mol. The quantitative estimate of drug-likeness (QED) is 0.0602. The highest BCUT2D eigenvalue weighted by Crippen LogP contribution is 2.44. The molecular formula is C40H51N5O3S. The monoisotopic (exact) mass is 681 g/mol. The van der Waals surface area contributed by atoms with Gasteiger partial charge in [-0.05, 0) is 52.7 Å². The molecule has 260 valence electrons. The molecule has 3 aromatic carbocycles. The van der Waals surface area contributed by atoms with E-state index in [0.29, 0.717) is 34.3 Å². The highest BCUT2D eigenvalue weighted by atomic mass is 32.2. The van der Waals surface area contributed by atoms with Gasteiger partial charge in [0.15, 0.2) is 0 Å². The van der Waals surface area contributed by atoms with Crippen LogP contribution in [-0.2, 0) is 4.79 Å². The Balaban J connectivity index is 1.10. The van der Waals surface area contributed by atoms with Gasteiger partial charge in [-0.25, -0.2) is 4.90 Å². The van der Waals surface area contributed by atoms with E-state index in [1.165, 1.54) is 107 Å². The number of amides is 2. The van der Waals surface area contributed by atoms with E-state index in [0.717, 1.165) is 18.5 Å². The number of tetrazole rings is 1. The summed E-state index contributed by atoms with van der Waals surface area (Å²) in [5.74, 6) is -0.184. The summed E-state index contributed by atoms with van der Waals surface area (Å²) < 4.78 is 7.83. The number of hydrogen-bond acceptors (Lipinski definition) is 7. The molecule has 2 heterocycles. The third kappa shape index (κ3) is 10.3. The lowest BCUT2D eigenvalue weighted by Crippen LogP contribution is -2.44. The number of para-hydroxylation sites is 3. The smallest absolute Gasteiger partial charge is 0.265 e. The summed E-state index contributed by atoms with van der Waals surface area (Å²) in [5, 5.41) is 12.0. The third-order valence-electron chi connectivity index (χ3n) is 9.15. The Morgan fingerprint density at radius 3 is 1.92 bits per heavy atom. The van der Waals surface area contributed by atoms with Crippen molar-refractivity contribution in [2.75, 3.05) is 11.5 Å². The molecule has 5 rings (SSSR count). The van der Waals surface area contributed by atoms with Crippen LogP contribution in [0.1, 0.15) is 131 Å². The number of rotatable bonds is 22. The zero-order chi connectivity index (χ0) is 34.1. The number of fused-ring (bicyclic) bond motifs is 1. The van der Waals surface area contributed by atoms with Gasteiger partial charge >= 0.3 is 0 Å². The van der Waals surface area contributed by atoms with Crippen molar-refractivity contribution in [3.63, 3.8) is 0 Å². The number of nitrogens with zero attached hydrogens (tertiary/aromatic N) is 5. The van der Waals surface area contributed by atoms with E-state index < -0.39 is 5.25 Å². The molecule has 0 saturated heterocycles. The van der Waals surface area contributed by atoms with E-state index in [2.05, 4.69) is 22.4 Å². The zero-order valence-corrected chi connectivity index (χ0v) is 29.8. The molecule has 0 saturated carbocycles. The van der Waals surface area contributed by atoms with Crippen molar-refractivity contribution >= 4 is 29.3 Å². The first kappa shape index (κ1) is 36.3. The first-order valence-corrected chi connectivity index (χ1v) is 19.3. The lowest BCUT2D eigenvalue weighted by atomic mass is 9.97. The van der Waals surface area contributed by atoms with Gasteiger partial charge in [0.05, 0.1) is 18.0 Å². The van der Waals surface area contributed by atoms with E-state index in [1.807, 2.05) is 66.7 Å². The Labute approximate surface area is 296 Å². The Bertz CT molecular complexity index is 1590. The lowest BCUT2D eigenvalue weighted by molar-refractivity contribution is -0.117. The van der Waals surface area contributed by atoms with Crippen molar-refractivity contribution in [1.82, 2.24) is 20.2 Å². The highest BCUT2D eigenvalue weighted by Gasteiger charge is 2.42. The number of unbranched alkanes of at least 4 members (excludes halogenated alkanes) is 15. The van der Waals surface area contributed by atoms with Crippen LogP contribution in [0.15, 0.2) is 84.0 Å². The molecule has 49 heavy (non-hydrogen) atoms. The van der Waals surface area contributed by atoms with Crippen LogP contribution in [0, 0.1) is 0 Å². The fourth-order valence-corrected chi connectivity index (χ4v) is 7.49. The van der Waals surface area contributed by atoms with Crippen molar-refractivity contribution in [1.29, 1.82) is 0 Å². The standard InChI is InChI=1S/C40H51N5O3S/c1-2-3-4-5-6-7-8-9-10-11-12-13-14-15-16-24-31-48-36-30-23-22-29-35(36)44-38(46)34-28-21-20-27-33(34)37(39(44)47)49-40-41-42-43-45(40)32-25-18-17-19-26-32/h17-23,25-30,37H,2-16,24,31H2,1H3/t37-/m1/s1. The van der Waals surface area contributed by atoms with Crippen LogP contribution in [0.2, 0.25) is 0 Å². The molecule has 0 aliphatic carbocycles. The Morgan fingerprint density at radius 2 is 1.24 bits per heavy atom. The van der Waals surface area contributed by atoms with Crippen LogP contribution >= 0.6 is 11.8 Å². The first-order chi connectivity index (χ1) is 24.2. The van der Waals surface area contributed by atoms with E-state index in [-0.39, 0.29) is 11.8 Å². The van der Waals surface area contributed by atoms with Gasteiger partial charge in [-0.2, -0.15) is 4.68 Å². The molecule has 4 aromatic rings. The molecule has 1 aromatic heterocycles. The van der Waals surface area contributed by atoms with Gasteiger partial charge in [0.2, 0.25) is 5.16 Å². The summed E-state index contributed by atoms with van der Waals surface area (Å²) in [5.41, 5.74) is 2.36. The van der Waals surface area contributed by atoms with Crippen molar-refractivity contribution < 1.29 is 14.3 Å². The minimum Gasteiger partial charge on any atom is -0.491 e. The number of anilines is 1. The summed E-state index contributed by atoms with van der Waals surface area (Å²) in [4.78, 5) is 29.3. The van der Waals surface area contributed by atoms with Crippen molar-refractivity contribution in [3.8, 4) is 11.4 Å². The van der Waals surface area contributed by atoms with Gasteiger partial charge < -0.3 is 4.74 Å². The van der Waals surface area contributed by atoms with Gasteiger partial charge in [0, 0.05) is 5.56 Å². The van der Waals surface area contributed by atoms with Gasteiger partial charge in [-0.15, -0.1) is 5.10 Å². The maximum atomic E-state index is 14.2. The van der Waals surface area contributed by atoms with E-state index in [9.17, 15) is 9.59 Å². The second-order valence-electron chi connectivity index (χ2n) is 12.9. The summed E-state index contributed by atoms with van der Waals surface area (Å²) >= 11 is 1.23. The molecule has 0 spiro atoms. The largest absolute Gasteiger partial charge is 0.491 e. The first-order valence-electron chi connectivity index (χ1n) is 18.4. The van der Waals surface area contributed by atoms with Gasteiger partial charge in [-0.1, -0.05) is 164 Å². The Kier molecular flexibility index (Phi) is 14.7. The molecule has 1 aliphatic rings. The minimum absolute atomic E-state index is 0.352. The van der Waals surface area contributed by atoms with Crippen LogP contribution in [0.25, 0.3) is 5.69 Å². The molecule has 1 aliphatic heterocycles. The van der Waals surface area contributed by atoms with Crippen molar-refractivity contribution in [2.45, 2.75) is 120 Å². The molecule has 2 amide bonds. The second kappa shape index (κ2) is 19.9. The van der Waals surface area contributed by atoms with Gasteiger partial charge in [0.1, 0.15) is 11.0 Å². The van der Waals surface area contributed by atoms with Gasteiger partial charge in [0.25, 0.3) is 11.8 Å². The SMILES string of the molecule is CCCCCCCCCCCCCCCCCCOc1ccccc1N1C(=O)c2ccccc2[C@@H](Sc2nnnn2-c2ccccc2)C1=O. The van der Waals surface area contributed by atoms with E-state index in [1.54, 1.807) is 16.8 Å². The summed E-state index contributed by atoms with van der Waals surface area (Å²) in [6, 6.07) is 24.1. The number of ether oxygens (including phenoxy) is 1. The number of aromatic nitrogens is 4. The van der Waals surface area contributed by atoms with Crippen LogP contribution < -0.4 is 9.64 Å². The van der Waals surface area contributed by atoms with E-state index >= 15 is 0 Å². The van der Waals surface area contributed by atoms with Crippen LogP contribution in [0.3, 0.4) is 0 Å². The molecular weight excluding hydrogens is 631 g/mol. The number of carbonyl (C=O) groups is 2. The molecule has 8 nitrogen and oxygen atoms in total. The topological polar surface area (TPSA) is 90.2 Å². The Morgan fingerprint density at radius 1 is 0.673 bits per heavy atom. The second-order valence-corrected chi connectivity index (χ2v) is 14.0. The predicted molar refractivity (Wildman–Crippen MR) is 197 cm³/mol. The normalized spacial score (nSPS) is 14.3. The molecule has 0 bridgehead atoms. The van der Waals surface area contributed by atoms with Crippen LogP contribution in [0.4, 0.5) is 5.69 Å². The zero-order valence-electron chi connectivity index (χ0n) is 29.0. The van der Waals surface area contributed by atoms with Crippen LogP contribution in [0.5, 0.6) is 5.75 Å². The maximum Gasteiger partial charge on any atom is 0.265 e.